The summed E-state index contributed by atoms with van der Waals surface area (Å²) in [6.07, 6.45) is 33.1. The van der Waals surface area contributed by atoms with E-state index in [1.807, 2.05) is 44.2 Å². The molecule has 446 valence electrons. The molecule has 0 aliphatic heterocycles. The number of allylic oxidation sites excluding steroid dienone is 19. The van der Waals surface area contributed by atoms with Crippen molar-refractivity contribution in [2.24, 2.45) is 16.7 Å². The Balaban J connectivity index is 1.77. The van der Waals surface area contributed by atoms with Crippen LogP contribution in [0.15, 0.2) is 117 Å². The molecule has 0 saturated heterocycles. The van der Waals surface area contributed by atoms with Crippen LogP contribution in [0, 0.1) is 16.7 Å². The van der Waals surface area contributed by atoms with Gasteiger partial charge in [-0.1, -0.05) is 117 Å². The van der Waals surface area contributed by atoms with Gasteiger partial charge in [-0.15, -0.1) is 0 Å². The smallest absolute Gasteiger partial charge is 0.244 e. The summed E-state index contributed by atoms with van der Waals surface area (Å²) in [5, 5.41) is 14.6. The number of ether oxygens (including phenoxy) is 8. The first-order valence-corrected chi connectivity index (χ1v) is 29.1. The lowest BCUT2D eigenvalue weighted by Gasteiger charge is -2.33. The lowest BCUT2D eigenvalue weighted by atomic mass is 9.72. The number of ketones is 1. The van der Waals surface area contributed by atoms with Crippen LogP contribution in [0.4, 0.5) is 0 Å². The van der Waals surface area contributed by atoms with Crippen molar-refractivity contribution >= 4 is 17.6 Å². The molecule has 0 radical (unpaired) electrons. The minimum absolute atomic E-state index is 0.00898. The third kappa shape index (κ3) is 35.2. The number of rotatable bonds is 44. The lowest BCUT2D eigenvalue weighted by Crippen LogP contribution is -2.34. The molecule has 14 nitrogen and oxygen atoms in total. The van der Waals surface area contributed by atoms with Gasteiger partial charge < -0.3 is 53.6 Å². The van der Waals surface area contributed by atoms with Crippen molar-refractivity contribution in [3.05, 3.63) is 117 Å². The van der Waals surface area contributed by atoms with E-state index in [4.69, 9.17) is 43.0 Å². The predicted octanol–water partition coefficient (Wildman–Crippen LogP) is 11.2. The van der Waals surface area contributed by atoms with E-state index < -0.39 is 5.92 Å². The second-order valence-corrected chi connectivity index (χ2v) is 21.9. The standard InChI is InChI=1S/C65H104N2O12/c1-52(24-26-60-56(5)21-15-28-64(60,7)8)17-13-19-54(3)49-59(69)51-58(23-11-12-30-66-62(70)50-55(4)20-14-18-53(2)25-27-61-57(6)22-16-29-65(61,9)10)63(71)67-31-33-72-35-37-74-39-41-76-43-45-78-47-48-79-46-44-77-42-40-75-38-36-73-34-32-68/h13-14,17-20,24-27,49-50,58,68H,11-12,15-16,21-23,28-48,51H2,1-10H3,(H,66,70)(H,67,71)/b19-13+,20-14+,26-24+,27-25+,52-17+,53-18+,54-49+,55-50+/t58-/m0/s1. The van der Waals surface area contributed by atoms with E-state index in [1.165, 1.54) is 48.0 Å². The first kappa shape index (κ1) is 70.8. The first-order valence-electron chi connectivity index (χ1n) is 29.1. The van der Waals surface area contributed by atoms with Crippen LogP contribution in [-0.4, -0.2) is 148 Å². The van der Waals surface area contributed by atoms with Gasteiger partial charge in [0.25, 0.3) is 0 Å². The summed E-state index contributed by atoms with van der Waals surface area (Å²) in [4.78, 5) is 39.7. The zero-order valence-corrected chi connectivity index (χ0v) is 50.4. The summed E-state index contributed by atoms with van der Waals surface area (Å²) in [6, 6.07) is 0. The Hall–Kier alpha value is -4.35. The van der Waals surface area contributed by atoms with Crippen molar-refractivity contribution in [2.75, 3.05) is 125 Å². The number of amides is 2. The molecule has 79 heavy (non-hydrogen) atoms. The number of carbonyl (C=O) groups is 3. The van der Waals surface area contributed by atoms with Crippen LogP contribution in [0.2, 0.25) is 0 Å². The fourth-order valence-corrected chi connectivity index (χ4v) is 9.32. The number of hydrogen-bond acceptors (Lipinski definition) is 12. The number of nitrogens with one attached hydrogen (secondary N) is 2. The van der Waals surface area contributed by atoms with E-state index in [-0.39, 0.29) is 41.5 Å². The molecule has 1 atom stereocenters. The Morgan fingerprint density at radius 1 is 0.519 bits per heavy atom. The Morgan fingerprint density at radius 2 is 0.924 bits per heavy atom. The average Bonchev–Trinajstić information content (AvgIpc) is 3.39. The van der Waals surface area contributed by atoms with Crippen molar-refractivity contribution < 1.29 is 57.4 Å². The van der Waals surface area contributed by atoms with Crippen LogP contribution in [0.25, 0.3) is 0 Å². The van der Waals surface area contributed by atoms with Gasteiger partial charge in [-0.2, -0.15) is 0 Å². The minimum Gasteiger partial charge on any atom is -0.394 e. The molecule has 0 fully saturated rings. The molecule has 0 spiro atoms. The Labute approximate surface area is 476 Å². The second-order valence-electron chi connectivity index (χ2n) is 21.9. The van der Waals surface area contributed by atoms with Gasteiger partial charge in [0.15, 0.2) is 5.78 Å². The molecule has 0 saturated carbocycles. The van der Waals surface area contributed by atoms with Gasteiger partial charge in [0, 0.05) is 31.5 Å². The van der Waals surface area contributed by atoms with Crippen molar-refractivity contribution in [1.29, 1.82) is 0 Å². The van der Waals surface area contributed by atoms with Gasteiger partial charge >= 0.3 is 0 Å². The van der Waals surface area contributed by atoms with Crippen LogP contribution >= 0.6 is 0 Å². The molecule has 3 N–H and O–H groups in total. The topological polar surface area (TPSA) is 169 Å². The summed E-state index contributed by atoms with van der Waals surface area (Å²) in [6.45, 7) is 29.4. The highest BCUT2D eigenvalue weighted by atomic mass is 16.6. The van der Waals surface area contributed by atoms with Crippen LogP contribution in [-0.2, 0) is 52.3 Å². The monoisotopic (exact) mass is 1100 g/mol. The summed E-state index contributed by atoms with van der Waals surface area (Å²) < 4.78 is 43.8. The molecule has 2 rings (SSSR count). The summed E-state index contributed by atoms with van der Waals surface area (Å²) in [5.41, 5.74) is 10.1. The lowest BCUT2D eigenvalue weighted by molar-refractivity contribution is -0.128. The minimum atomic E-state index is -0.529. The molecule has 0 heterocycles. The van der Waals surface area contributed by atoms with E-state index in [9.17, 15) is 14.4 Å². The normalized spacial score (nSPS) is 17.1. The van der Waals surface area contributed by atoms with E-state index >= 15 is 0 Å². The van der Waals surface area contributed by atoms with E-state index in [0.717, 1.165) is 35.1 Å². The third-order valence-electron chi connectivity index (χ3n) is 13.8. The summed E-state index contributed by atoms with van der Waals surface area (Å²) in [5.74, 6) is -1.00. The van der Waals surface area contributed by atoms with Gasteiger partial charge in [-0.05, 0) is 132 Å². The summed E-state index contributed by atoms with van der Waals surface area (Å²) >= 11 is 0. The molecule has 2 aliphatic carbocycles. The molecule has 0 aromatic heterocycles. The number of aliphatic hydroxyl groups excluding tert-OH is 1. The molecule has 0 bridgehead atoms. The zero-order valence-electron chi connectivity index (χ0n) is 50.4. The highest BCUT2D eigenvalue weighted by Crippen LogP contribution is 2.42. The number of unbranched alkanes of at least 4 members (excludes halogenated alkanes) is 1. The maximum Gasteiger partial charge on any atom is 0.244 e. The molecule has 14 heteroatoms. The van der Waals surface area contributed by atoms with Gasteiger partial charge in [-0.25, -0.2) is 0 Å². The molecule has 2 aliphatic rings. The highest BCUT2D eigenvalue weighted by molar-refractivity contribution is 5.94. The second kappa shape index (κ2) is 43.4. The van der Waals surface area contributed by atoms with Gasteiger partial charge in [0.1, 0.15) is 0 Å². The molecule has 0 aromatic rings. The van der Waals surface area contributed by atoms with Crippen LogP contribution in [0.1, 0.15) is 133 Å². The van der Waals surface area contributed by atoms with E-state index in [1.54, 1.807) is 12.2 Å². The van der Waals surface area contributed by atoms with Gasteiger partial charge in [0.05, 0.1) is 112 Å². The molecular formula is C65H104N2O12. The van der Waals surface area contributed by atoms with Gasteiger partial charge in [-0.3, -0.25) is 14.4 Å². The average molecular weight is 1110 g/mol. The quantitative estimate of drug-likeness (QED) is 0.0300. The largest absolute Gasteiger partial charge is 0.394 e. The van der Waals surface area contributed by atoms with E-state index in [0.29, 0.717) is 138 Å². The number of hydrogen-bond donors (Lipinski definition) is 3. The number of aliphatic hydroxyl groups is 1. The third-order valence-corrected chi connectivity index (χ3v) is 13.8. The van der Waals surface area contributed by atoms with Crippen molar-refractivity contribution in [1.82, 2.24) is 10.6 Å². The van der Waals surface area contributed by atoms with Crippen molar-refractivity contribution in [2.45, 2.75) is 133 Å². The Bertz CT molecular complexity index is 2080. The highest BCUT2D eigenvalue weighted by Gasteiger charge is 2.27. The zero-order chi connectivity index (χ0) is 58.0. The fourth-order valence-electron chi connectivity index (χ4n) is 9.32. The Morgan fingerprint density at radius 3 is 1.34 bits per heavy atom. The van der Waals surface area contributed by atoms with Crippen molar-refractivity contribution in [3.8, 4) is 0 Å². The van der Waals surface area contributed by atoms with Crippen LogP contribution < -0.4 is 10.6 Å². The maximum atomic E-state index is 13.5. The summed E-state index contributed by atoms with van der Waals surface area (Å²) in [7, 11) is 0. The molecule has 0 aromatic carbocycles. The predicted molar refractivity (Wildman–Crippen MR) is 319 cm³/mol. The fraction of sp³-hybridized carbons (Fsp3) is 0.646. The number of carbonyl (C=O) groups excluding carboxylic acids is 3. The van der Waals surface area contributed by atoms with Crippen LogP contribution in [0.3, 0.4) is 0 Å². The molecule has 2 amide bonds. The molecular weight excluding hydrogens is 1000 g/mol. The van der Waals surface area contributed by atoms with Crippen molar-refractivity contribution in [3.63, 3.8) is 0 Å². The van der Waals surface area contributed by atoms with E-state index in [2.05, 4.69) is 96.4 Å². The first-order chi connectivity index (χ1) is 37.9. The molecule has 0 unspecified atom stereocenters. The SMILES string of the molecule is CC1=C(/C=C/C(C)=C/C=C/C(C)=C/C(=O)C[C@H](CCCCNC(=O)/C=C(C)/C=C/C=C(C)/C=C/C2=C(C)CCCC2(C)C)C(=O)NCCOCCOCCOCCOCCOCCOCCOCCOCCO)C(C)(C)CCC1. The maximum absolute atomic E-state index is 13.5. The van der Waals surface area contributed by atoms with Gasteiger partial charge in [0.2, 0.25) is 11.8 Å². The Kier molecular flexibility index (Phi) is 38.9. The van der Waals surface area contributed by atoms with Crippen LogP contribution in [0.5, 0.6) is 0 Å².